The maximum absolute atomic E-state index is 9.67. The van der Waals surface area contributed by atoms with Gasteiger partial charge in [-0.05, 0) is 44.1 Å². The molecule has 2 aliphatic carbocycles. The highest BCUT2D eigenvalue weighted by molar-refractivity contribution is 5.18. The predicted octanol–water partition coefficient (Wildman–Crippen LogP) is 2.39. The number of nitriles is 1. The van der Waals surface area contributed by atoms with Gasteiger partial charge in [-0.25, -0.2) is 0 Å². The monoisotopic (exact) mass is 249 g/mol. The fourth-order valence-electron chi connectivity index (χ4n) is 2.91. The lowest BCUT2D eigenvalue weighted by Crippen LogP contribution is -2.55. The smallest absolute Gasteiger partial charge is 0.122 e. The molecular formula is C15H27N3. The molecule has 102 valence electrons. The lowest BCUT2D eigenvalue weighted by Gasteiger charge is -2.35. The van der Waals surface area contributed by atoms with Gasteiger partial charge in [-0.1, -0.05) is 20.8 Å². The summed E-state index contributed by atoms with van der Waals surface area (Å²) in [7, 11) is 2.15. The molecule has 0 saturated heterocycles. The Balaban J connectivity index is 1.98. The van der Waals surface area contributed by atoms with Gasteiger partial charge in [0, 0.05) is 19.1 Å². The van der Waals surface area contributed by atoms with E-state index in [0.29, 0.717) is 17.4 Å². The van der Waals surface area contributed by atoms with Crippen LogP contribution in [0.1, 0.15) is 46.5 Å². The molecule has 0 radical (unpaired) electrons. The first-order valence-corrected chi connectivity index (χ1v) is 7.22. The molecule has 0 heterocycles. The summed E-state index contributed by atoms with van der Waals surface area (Å²) in [6, 6.07) is 3.22. The summed E-state index contributed by atoms with van der Waals surface area (Å²) >= 11 is 0. The van der Waals surface area contributed by atoms with E-state index in [-0.39, 0.29) is 5.54 Å². The van der Waals surface area contributed by atoms with E-state index in [1.807, 2.05) is 0 Å². The molecule has 0 aromatic carbocycles. The molecule has 18 heavy (non-hydrogen) atoms. The van der Waals surface area contributed by atoms with Gasteiger partial charge in [0.2, 0.25) is 0 Å². The van der Waals surface area contributed by atoms with Crippen molar-refractivity contribution in [3.8, 4) is 6.07 Å². The van der Waals surface area contributed by atoms with E-state index in [1.54, 1.807) is 0 Å². The minimum absolute atomic E-state index is 0.291. The van der Waals surface area contributed by atoms with Crippen LogP contribution in [-0.2, 0) is 0 Å². The second-order valence-corrected chi connectivity index (χ2v) is 7.51. The summed E-state index contributed by atoms with van der Waals surface area (Å²) in [4.78, 5) is 2.33. The first kappa shape index (κ1) is 13.8. The molecule has 0 aromatic rings. The van der Waals surface area contributed by atoms with E-state index in [2.05, 4.69) is 44.1 Å². The highest BCUT2D eigenvalue weighted by Crippen LogP contribution is 2.41. The van der Waals surface area contributed by atoms with E-state index in [0.717, 1.165) is 13.1 Å². The first-order valence-electron chi connectivity index (χ1n) is 7.22. The molecule has 2 saturated carbocycles. The van der Waals surface area contributed by atoms with Crippen molar-refractivity contribution in [3.05, 3.63) is 0 Å². The van der Waals surface area contributed by atoms with Crippen LogP contribution in [0.15, 0.2) is 0 Å². The van der Waals surface area contributed by atoms with Crippen LogP contribution in [0.4, 0.5) is 0 Å². The first-order chi connectivity index (χ1) is 8.35. The fourth-order valence-corrected chi connectivity index (χ4v) is 2.91. The molecule has 0 amide bonds. The maximum Gasteiger partial charge on any atom is 0.122 e. The van der Waals surface area contributed by atoms with Gasteiger partial charge in [-0.15, -0.1) is 0 Å². The van der Waals surface area contributed by atoms with E-state index in [1.165, 1.54) is 25.7 Å². The normalized spacial score (nSPS) is 23.8. The van der Waals surface area contributed by atoms with Crippen molar-refractivity contribution in [1.29, 1.82) is 5.26 Å². The number of hydrogen-bond acceptors (Lipinski definition) is 3. The Labute approximate surface area is 112 Å². The average molecular weight is 249 g/mol. The zero-order chi connectivity index (χ0) is 13.4. The van der Waals surface area contributed by atoms with Gasteiger partial charge in [0.25, 0.3) is 0 Å². The molecule has 2 fully saturated rings. The number of nitrogens with zero attached hydrogens (tertiary/aromatic N) is 2. The summed E-state index contributed by atoms with van der Waals surface area (Å²) in [6.45, 7) is 8.66. The molecule has 2 aliphatic rings. The summed E-state index contributed by atoms with van der Waals surface area (Å²) in [5.74, 6) is 0.575. The van der Waals surface area contributed by atoms with Gasteiger partial charge in [0.05, 0.1) is 6.07 Å². The Bertz CT molecular complexity index is 331. The van der Waals surface area contributed by atoms with Crippen molar-refractivity contribution in [3.63, 3.8) is 0 Å². The number of hydrogen-bond donors (Lipinski definition) is 1. The third-order valence-electron chi connectivity index (χ3n) is 3.78. The number of nitrogens with one attached hydrogen (secondary N) is 1. The zero-order valence-corrected chi connectivity index (χ0v) is 12.3. The van der Waals surface area contributed by atoms with Crippen LogP contribution in [-0.4, -0.2) is 36.6 Å². The molecule has 3 heteroatoms. The molecule has 1 N–H and O–H groups in total. The summed E-state index contributed by atoms with van der Waals surface area (Å²) in [5.41, 5.74) is 0.000242. The van der Waals surface area contributed by atoms with Gasteiger partial charge in [-0.3, -0.25) is 5.32 Å². The van der Waals surface area contributed by atoms with Crippen LogP contribution in [0, 0.1) is 22.7 Å². The Hall–Kier alpha value is -0.590. The van der Waals surface area contributed by atoms with Crippen molar-refractivity contribution < 1.29 is 0 Å². The molecule has 0 aromatic heterocycles. The number of rotatable bonds is 6. The topological polar surface area (TPSA) is 39.1 Å². The molecule has 3 nitrogen and oxygen atoms in total. The fraction of sp³-hybridized carbons (Fsp3) is 0.933. The minimum atomic E-state index is -0.291. The second kappa shape index (κ2) is 4.83. The third-order valence-corrected chi connectivity index (χ3v) is 3.78. The molecule has 0 spiro atoms. The van der Waals surface area contributed by atoms with Gasteiger partial charge in [0.15, 0.2) is 0 Å². The van der Waals surface area contributed by atoms with E-state index < -0.39 is 0 Å². The molecular weight excluding hydrogens is 222 g/mol. The lowest BCUT2D eigenvalue weighted by molar-refractivity contribution is 0.174. The maximum atomic E-state index is 9.67. The average Bonchev–Trinajstić information content (AvgIpc) is 3.07. The van der Waals surface area contributed by atoms with Gasteiger partial charge < -0.3 is 4.90 Å². The predicted molar refractivity (Wildman–Crippen MR) is 74.2 cm³/mol. The number of likely N-dealkylation sites (N-methyl/N-ethyl adjacent to an activating group) is 1. The van der Waals surface area contributed by atoms with Crippen molar-refractivity contribution in [2.75, 3.05) is 20.1 Å². The quantitative estimate of drug-likeness (QED) is 0.785. The largest absolute Gasteiger partial charge is 0.303 e. The second-order valence-electron chi connectivity index (χ2n) is 7.51. The summed E-state index contributed by atoms with van der Waals surface area (Å²) in [5, 5.41) is 13.3. The van der Waals surface area contributed by atoms with Crippen molar-refractivity contribution in [2.45, 2.75) is 58.0 Å². The standard InChI is InChI=1S/C15H27N3/c1-14(2,3)10-18(4)11-15(9-16,12-5-6-12)17-13-7-8-13/h12-13,17H,5-8,10-11H2,1-4H3. The van der Waals surface area contributed by atoms with Gasteiger partial charge in [-0.2, -0.15) is 5.26 Å². The van der Waals surface area contributed by atoms with Crippen molar-refractivity contribution in [1.82, 2.24) is 10.2 Å². The van der Waals surface area contributed by atoms with Crippen LogP contribution in [0.25, 0.3) is 0 Å². The van der Waals surface area contributed by atoms with E-state index in [4.69, 9.17) is 0 Å². The van der Waals surface area contributed by atoms with Crippen molar-refractivity contribution >= 4 is 0 Å². The minimum Gasteiger partial charge on any atom is -0.303 e. The van der Waals surface area contributed by atoms with Crippen LogP contribution in [0.2, 0.25) is 0 Å². The highest BCUT2D eigenvalue weighted by Gasteiger charge is 2.48. The van der Waals surface area contributed by atoms with Crippen LogP contribution < -0.4 is 5.32 Å². The Kier molecular flexibility index (Phi) is 3.71. The Morgan fingerprint density at radius 1 is 1.17 bits per heavy atom. The molecule has 1 unspecified atom stereocenters. The van der Waals surface area contributed by atoms with E-state index in [9.17, 15) is 5.26 Å². The summed E-state index contributed by atoms with van der Waals surface area (Å²) < 4.78 is 0. The molecule has 2 rings (SSSR count). The third kappa shape index (κ3) is 3.70. The molecule has 0 bridgehead atoms. The van der Waals surface area contributed by atoms with E-state index >= 15 is 0 Å². The zero-order valence-electron chi connectivity index (χ0n) is 12.3. The highest BCUT2D eigenvalue weighted by atomic mass is 15.2. The SMILES string of the molecule is CN(CC(C)(C)C)CC(C#N)(NC1CC1)C1CC1. The molecule has 0 aliphatic heterocycles. The molecule has 1 atom stereocenters. The summed E-state index contributed by atoms with van der Waals surface area (Å²) in [6.07, 6.45) is 4.94. The van der Waals surface area contributed by atoms with Gasteiger partial charge >= 0.3 is 0 Å². The van der Waals surface area contributed by atoms with Crippen LogP contribution in [0.5, 0.6) is 0 Å². The van der Waals surface area contributed by atoms with Gasteiger partial charge in [0.1, 0.15) is 5.54 Å². The van der Waals surface area contributed by atoms with Crippen LogP contribution in [0.3, 0.4) is 0 Å². The van der Waals surface area contributed by atoms with Crippen LogP contribution >= 0.6 is 0 Å². The lowest BCUT2D eigenvalue weighted by atomic mass is 9.91. The Morgan fingerprint density at radius 2 is 1.78 bits per heavy atom. The van der Waals surface area contributed by atoms with Crippen molar-refractivity contribution in [2.24, 2.45) is 11.3 Å². The Morgan fingerprint density at radius 3 is 2.17 bits per heavy atom.